The van der Waals surface area contributed by atoms with E-state index in [9.17, 15) is 14.9 Å². The molecule has 0 aliphatic carbocycles. The highest BCUT2D eigenvalue weighted by atomic mass is 16.6. The summed E-state index contributed by atoms with van der Waals surface area (Å²) >= 11 is 0. The quantitative estimate of drug-likeness (QED) is 0.335. The number of hydrogen-bond acceptors (Lipinski definition) is 6. The van der Waals surface area contributed by atoms with Crippen LogP contribution in [0.1, 0.15) is 15.9 Å². The molecule has 126 valence electrons. The van der Waals surface area contributed by atoms with Crippen molar-refractivity contribution in [3.05, 3.63) is 63.7 Å². The van der Waals surface area contributed by atoms with Crippen LogP contribution < -0.4 is 9.47 Å². The van der Waals surface area contributed by atoms with Gasteiger partial charge in [-0.05, 0) is 36.2 Å². The van der Waals surface area contributed by atoms with Gasteiger partial charge in [-0.25, -0.2) is 4.79 Å². The number of methoxy groups -OCH3 is 2. The van der Waals surface area contributed by atoms with Crippen molar-refractivity contribution in [3.63, 3.8) is 0 Å². The minimum atomic E-state index is -0.676. The van der Waals surface area contributed by atoms with Gasteiger partial charge >= 0.3 is 11.7 Å². The molecule has 0 heterocycles. The molecular formula is C17H17NO6. The topological polar surface area (TPSA) is 87.9 Å². The normalized spacial score (nSPS) is 10.2. The van der Waals surface area contributed by atoms with E-state index in [0.717, 1.165) is 18.1 Å². The maximum Gasteiger partial charge on any atom is 0.343 e. The fourth-order valence-electron chi connectivity index (χ4n) is 2.07. The molecule has 0 saturated carbocycles. The number of nitrogens with zero attached hydrogens (tertiary/aromatic N) is 1. The minimum Gasteiger partial charge on any atom is -0.490 e. The van der Waals surface area contributed by atoms with Gasteiger partial charge in [-0.15, -0.1) is 0 Å². The first-order chi connectivity index (χ1) is 11.5. The number of ether oxygens (including phenoxy) is 3. The fraction of sp³-hybridized carbons (Fsp3) is 0.235. The van der Waals surface area contributed by atoms with Crippen LogP contribution in [-0.2, 0) is 11.2 Å². The smallest absolute Gasteiger partial charge is 0.343 e. The first-order valence-corrected chi connectivity index (χ1v) is 7.17. The van der Waals surface area contributed by atoms with Crippen molar-refractivity contribution in [1.82, 2.24) is 0 Å². The molecule has 2 aromatic rings. The molecule has 0 spiro atoms. The SMILES string of the molecule is COCCc1ccc(OC(=O)c2ccc(OC)c([N+](=O)[O-])c2)cc1. The molecule has 0 amide bonds. The number of benzene rings is 2. The van der Waals surface area contributed by atoms with Crippen LogP contribution >= 0.6 is 0 Å². The van der Waals surface area contributed by atoms with Crippen LogP contribution in [0.25, 0.3) is 0 Å². The van der Waals surface area contributed by atoms with Crippen LogP contribution in [0.2, 0.25) is 0 Å². The molecule has 0 aromatic heterocycles. The highest BCUT2D eigenvalue weighted by molar-refractivity contribution is 5.92. The molecular weight excluding hydrogens is 314 g/mol. The zero-order chi connectivity index (χ0) is 17.5. The molecule has 0 aliphatic rings. The van der Waals surface area contributed by atoms with Crippen molar-refractivity contribution >= 4 is 11.7 Å². The lowest BCUT2D eigenvalue weighted by molar-refractivity contribution is -0.385. The summed E-state index contributed by atoms with van der Waals surface area (Å²) in [6.45, 7) is 0.606. The van der Waals surface area contributed by atoms with Crippen molar-refractivity contribution in [2.45, 2.75) is 6.42 Å². The molecule has 7 heteroatoms. The van der Waals surface area contributed by atoms with E-state index in [2.05, 4.69) is 0 Å². The van der Waals surface area contributed by atoms with Crippen LogP contribution in [-0.4, -0.2) is 31.7 Å². The van der Waals surface area contributed by atoms with Gasteiger partial charge in [-0.3, -0.25) is 10.1 Å². The highest BCUT2D eigenvalue weighted by Gasteiger charge is 2.19. The molecule has 0 fully saturated rings. The second-order valence-corrected chi connectivity index (χ2v) is 4.92. The third kappa shape index (κ3) is 4.30. The molecule has 0 aliphatic heterocycles. The number of esters is 1. The van der Waals surface area contributed by atoms with Gasteiger partial charge in [0.25, 0.3) is 0 Å². The number of hydrogen-bond donors (Lipinski definition) is 0. The molecule has 0 saturated heterocycles. The van der Waals surface area contributed by atoms with Crippen molar-refractivity contribution in [3.8, 4) is 11.5 Å². The predicted molar refractivity (Wildman–Crippen MR) is 86.6 cm³/mol. The standard InChI is InChI=1S/C17H17NO6/c1-22-10-9-12-3-6-14(7-4-12)24-17(19)13-5-8-16(23-2)15(11-13)18(20)21/h3-8,11H,9-10H2,1-2H3. The Balaban J connectivity index is 2.12. The second kappa shape index (κ2) is 8.07. The lowest BCUT2D eigenvalue weighted by Gasteiger charge is -2.07. The summed E-state index contributed by atoms with van der Waals surface area (Å²) in [5.74, 6) is -0.232. The summed E-state index contributed by atoms with van der Waals surface area (Å²) in [6.07, 6.45) is 0.759. The molecule has 0 N–H and O–H groups in total. The van der Waals surface area contributed by atoms with Crippen LogP contribution in [0, 0.1) is 10.1 Å². The van der Waals surface area contributed by atoms with Gasteiger partial charge in [-0.1, -0.05) is 12.1 Å². The monoisotopic (exact) mass is 331 g/mol. The van der Waals surface area contributed by atoms with E-state index >= 15 is 0 Å². The van der Waals surface area contributed by atoms with Crippen LogP contribution in [0.3, 0.4) is 0 Å². The molecule has 0 radical (unpaired) electrons. The Bertz CT molecular complexity index is 726. The second-order valence-electron chi connectivity index (χ2n) is 4.92. The Morgan fingerprint density at radius 1 is 1.12 bits per heavy atom. The Morgan fingerprint density at radius 2 is 1.83 bits per heavy atom. The molecule has 2 aromatic carbocycles. The average molecular weight is 331 g/mol. The zero-order valence-electron chi connectivity index (χ0n) is 13.4. The lowest BCUT2D eigenvalue weighted by atomic mass is 10.1. The van der Waals surface area contributed by atoms with E-state index in [-0.39, 0.29) is 17.0 Å². The number of carbonyl (C=O) groups excluding carboxylic acids is 1. The Labute approximate surface area is 138 Å². The Kier molecular flexibility index (Phi) is 5.86. The fourth-order valence-corrected chi connectivity index (χ4v) is 2.07. The highest BCUT2D eigenvalue weighted by Crippen LogP contribution is 2.28. The van der Waals surface area contributed by atoms with E-state index < -0.39 is 10.9 Å². The van der Waals surface area contributed by atoms with Gasteiger partial charge in [0.1, 0.15) is 5.75 Å². The van der Waals surface area contributed by atoms with Crippen molar-refractivity contribution in [2.24, 2.45) is 0 Å². The summed E-state index contributed by atoms with van der Waals surface area (Å²) in [7, 11) is 2.95. The third-order valence-electron chi connectivity index (χ3n) is 3.34. The molecule has 2 rings (SSSR count). The minimum absolute atomic E-state index is 0.0750. The number of carbonyl (C=O) groups is 1. The first-order valence-electron chi connectivity index (χ1n) is 7.17. The summed E-state index contributed by atoms with van der Waals surface area (Å²) in [5.41, 5.74) is 0.838. The summed E-state index contributed by atoms with van der Waals surface area (Å²) < 4.78 is 15.1. The van der Waals surface area contributed by atoms with E-state index in [0.29, 0.717) is 12.4 Å². The Morgan fingerprint density at radius 3 is 2.42 bits per heavy atom. The number of nitro benzene ring substituents is 1. The van der Waals surface area contributed by atoms with E-state index in [1.165, 1.54) is 19.2 Å². The van der Waals surface area contributed by atoms with Crippen molar-refractivity contribution in [1.29, 1.82) is 0 Å². The van der Waals surface area contributed by atoms with Crippen molar-refractivity contribution in [2.75, 3.05) is 20.8 Å². The van der Waals surface area contributed by atoms with Gasteiger partial charge in [0.2, 0.25) is 0 Å². The van der Waals surface area contributed by atoms with E-state index in [1.54, 1.807) is 19.2 Å². The van der Waals surface area contributed by atoms with Crippen molar-refractivity contribution < 1.29 is 23.9 Å². The number of nitro groups is 1. The maximum absolute atomic E-state index is 12.1. The molecule has 0 bridgehead atoms. The zero-order valence-corrected chi connectivity index (χ0v) is 13.4. The molecule has 0 unspecified atom stereocenters. The largest absolute Gasteiger partial charge is 0.490 e. The van der Waals surface area contributed by atoms with Gasteiger partial charge in [0, 0.05) is 13.2 Å². The van der Waals surface area contributed by atoms with Crippen LogP contribution in [0.15, 0.2) is 42.5 Å². The summed E-state index contributed by atoms with van der Waals surface area (Å²) in [6, 6.07) is 10.9. The predicted octanol–water partition coefficient (Wildman–Crippen LogP) is 3.01. The van der Waals surface area contributed by atoms with Gasteiger partial charge < -0.3 is 14.2 Å². The third-order valence-corrected chi connectivity index (χ3v) is 3.34. The maximum atomic E-state index is 12.1. The average Bonchev–Trinajstić information content (AvgIpc) is 2.60. The molecule has 0 atom stereocenters. The van der Waals surface area contributed by atoms with Gasteiger partial charge in [0.15, 0.2) is 5.75 Å². The van der Waals surface area contributed by atoms with Crippen LogP contribution in [0.5, 0.6) is 11.5 Å². The van der Waals surface area contributed by atoms with Gasteiger partial charge in [0.05, 0.1) is 24.2 Å². The first kappa shape index (κ1) is 17.4. The summed E-state index contributed by atoms with van der Waals surface area (Å²) in [4.78, 5) is 22.5. The van der Waals surface area contributed by atoms with Crippen LogP contribution in [0.4, 0.5) is 5.69 Å². The Hall–Kier alpha value is -2.93. The van der Waals surface area contributed by atoms with E-state index in [4.69, 9.17) is 14.2 Å². The molecule has 7 nitrogen and oxygen atoms in total. The summed E-state index contributed by atoms with van der Waals surface area (Å²) in [5, 5.41) is 11.0. The molecule has 24 heavy (non-hydrogen) atoms. The van der Waals surface area contributed by atoms with E-state index in [1.807, 2.05) is 12.1 Å². The van der Waals surface area contributed by atoms with Gasteiger partial charge in [-0.2, -0.15) is 0 Å². The number of rotatable bonds is 7. The lowest BCUT2D eigenvalue weighted by Crippen LogP contribution is -2.09.